The number of hydrogen-bond acceptors (Lipinski definition) is 3. The van der Waals surface area contributed by atoms with Gasteiger partial charge in [-0.3, -0.25) is 0 Å². The van der Waals surface area contributed by atoms with E-state index in [1.165, 1.54) is 25.7 Å². The summed E-state index contributed by atoms with van der Waals surface area (Å²) in [6, 6.07) is 0.856. The Balaban J connectivity index is 2.40. The molecule has 0 aromatic rings. The van der Waals surface area contributed by atoms with Crippen LogP contribution < -0.4 is 5.32 Å². The smallest absolute Gasteiger partial charge is 0.0613 e. The van der Waals surface area contributed by atoms with Gasteiger partial charge >= 0.3 is 0 Å². The van der Waals surface area contributed by atoms with Crippen LogP contribution in [0, 0.1) is 5.92 Å². The van der Waals surface area contributed by atoms with E-state index in [1.807, 2.05) is 0 Å². The van der Waals surface area contributed by atoms with Gasteiger partial charge in [0.05, 0.1) is 6.61 Å². The molecule has 3 unspecified atom stereocenters. The number of rotatable bonds is 5. The van der Waals surface area contributed by atoms with Crippen LogP contribution in [-0.4, -0.2) is 37.5 Å². The van der Waals surface area contributed by atoms with E-state index < -0.39 is 0 Å². The third-order valence-electron chi connectivity index (χ3n) is 3.31. The maximum Gasteiger partial charge on any atom is 0.0613 e. The molecule has 3 atom stereocenters. The molecule has 0 bridgehead atoms. The summed E-state index contributed by atoms with van der Waals surface area (Å²) in [5, 5.41) is 12.9. The summed E-state index contributed by atoms with van der Waals surface area (Å²) in [6.45, 7) is 3.20. The summed E-state index contributed by atoms with van der Waals surface area (Å²) < 4.78 is 5.12. The van der Waals surface area contributed by atoms with E-state index in [9.17, 15) is 5.11 Å². The molecule has 0 amide bonds. The van der Waals surface area contributed by atoms with E-state index in [2.05, 4.69) is 12.2 Å². The van der Waals surface area contributed by atoms with Crippen LogP contribution in [0.3, 0.4) is 0 Å². The third-order valence-corrected chi connectivity index (χ3v) is 3.31. The summed E-state index contributed by atoms with van der Waals surface area (Å²) in [6.07, 6.45) is 6.22. The average molecular weight is 215 g/mol. The van der Waals surface area contributed by atoms with E-state index >= 15 is 0 Å². The fraction of sp³-hybridized carbons (Fsp3) is 1.00. The lowest BCUT2D eigenvalue weighted by Gasteiger charge is -2.27. The van der Waals surface area contributed by atoms with Crippen molar-refractivity contribution in [3.8, 4) is 0 Å². The molecule has 0 aliphatic heterocycles. The predicted octanol–water partition coefficient (Wildman–Crippen LogP) is 1.55. The zero-order chi connectivity index (χ0) is 11.1. The second-order valence-electron chi connectivity index (χ2n) is 4.71. The Bertz CT molecular complexity index is 164. The molecule has 0 heterocycles. The van der Waals surface area contributed by atoms with Crippen LogP contribution in [0.15, 0.2) is 0 Å². The summed E-state index contributed by atoms with van der Waals surface area (Å²) >= 11 is 0. The predicted molar refractivity (Wildman–Crippen MR) is 61.9 cm³/mol. The number of ether oxygens (including phenoxy) is 1. The lowest BCUT2D eigenvalue weighted by Crippen LogP contribution is -2.44. The minimum absolute atomic E-state index is 0.317. The lowest BCUT2D eigenvalue weighted by atomic mass is 9.95. The molecule has 1 aliphatic rings. The van der Waals surface area contributed by atoms with Crippen molar-refractivity contribution in [2.24, 2.45) is 5.92 Å². The van der Waals surface area contributed by atoms with Crippen LogP contribution in [0.25, 0.3) is 0 Å². The van der Waals surface area contributed by atoms with Crippen LogP contribution in [-0.2, 0) is 4.74 Å². The molecule has 1 fully saturated rings. The minimum atomic E-state index is 0.317. The van der Waals surface area contributed by atoms with Crippen molar-refractivity contribution in [2.75, 3.05) is 20.3 Å². The van der Waals surface area contributed by atoms with Crippen molar-refractivity contribution in [3.05, 3.63) is 0 Å². The van der Waals surface area contributed by atoms with E-state index in [-0.39, 0.29) is 0 Å². The van der Waals surface area contributed by atoms with Gasteiger partial charge in [0, 0.05) is 25.8 Å². The third kappa shape index (κ3) is 4.49. The number of aliphatic hydroxyl groups excluding tert-OH is 1. The Labute approximate surface area is 93.2 Å². The Morgan fingerprint density at radius 1 is 1.33 bits per heavy atom. The summed E-state index contributed by atoms with van der Waals surface area (Å²) in [4.78, 5) is 0. The van der Waals surface area contributed by atoms with Crippen molar-refractivity contribution < 1.29 is 9.84 Å². The second kappa shape index (κ2) is 7.20. The molecule has 15 heavy (non-hydrogen) atoms. The molecule has 1 aliphatic carbocycles. The van der Waals surface area contributed by atoms with Crippen LogP contribution in [0.4, 0.5) is 0 Å². The van der Waals surface area contributed by atoms with Gasteiger partial charge in [-0.1, -0.05) is 19.3 Å². The van der Waals surface area contributed by atoms with Gasteiger partial charge in [0.2, 0.25) is 0 Å². The summed E-state index contributed by atoms with van der Waals surface area (Å²) in [5.74, 6) is 0.437. The molecule has 0 radical (unpaired) electrons. The Morgan fingerprint density at radius 3 is 2.73 bits per heavy atom. The van der Waals surface area contributed by atoms with Crippen molar-refractivity contribution in [1.82, 2.24) is 5.32 Å². The molecule has 3 heteroatoms. The maximum absolute atomic E-state index is 9.36. The molecule has 0 spiro atoms. The first kappa shape index (κ1) is 12.9. The van der Waals surface area contributed by atoms with E-state index in [0.29, 0.717) is 24.6 Å². The summed E-state index contributed by atoms with van der Waals surface area (Å²) in [5.41, 5.74) is 0. The average Bonchev–Trinajstić information content (AvgIpc) is 2.43. The Morgan fingerprint density at radius 2 is 2.07 bits per heavy atom. The molecular weight excluding hydrogens is 190 g/mol. The van der Waals surface area contributed by atoms with Crippen LogP contribution in [0.2, 0.25) is 0 Å². The first-order chi connectivity index (χ1) is 7.27. The number of nitrogens with one attached hydrogen (secondary N) is 1. The van der Waals surface area contributed by atoms with Crippen LogP contribution >= 0.6 is 0 Å². The van der Waals surface area contributed by atoms with Crippen molar-refractivity contribution >= 4 is 0 Å². The standard InChI is InChI=1S/C12H25NO2/c1-10(9-15-2)13-12-7-5-3-4-6-11(12)8-14/h10-14H,3-9H2,1-2H3. The van der Waals surface area contributed by atoms with Gasteiger partial charge < -0.3 is 15.2 Å². The zero-order valence-electron chi connectivity index (χ0n) is 10.0. The van der Waals surface area contributed by atoms with Gasteiger partial charge in [0.1, 0.15) is 0 Å². The van der Waals surface area contributed by atoms with E-state index in [1.54, 1.807) is 7.11 Å². The first-order valence-electron chi connectivity index (χ1n) is 6.13. The van der Waals surface area contributed by atoms with Gasteiger partial charge in [0.25, 0.3) is 0 Å². The fourth-order valence-corrected chi connectivity index (χ4v) is 2.49. The maximum atomic E-state index is 9.36. The van der Waals surface area contributed by atoms with Gasteiger partial charge in [-0.25, -0.2) is 0 Å². The Kier molecular flexibility index (Phi) is 6.22. The van der Waals surface area contributed by atoms with Crippen molar-refractivity contribution in [1.29, 1.82) is 0 Å². The van der Waals surface area contributed by atoms with Crippen LogP contribution in [0.1, 0.15) is 39.0 Å². The molecule has 1 rings (SSSR count). The van der Waals surface area contributed by atoms with Crippen molar-refractivity contribution in [3.63, 3.8) is 0 Å². The number of hydrogen-bond donors (Lipinski definition) is 2. The largest absolute Gasteiger partial charge is 0.396 e. The monoisotopic (exact) mass is 215 g/mol. The second-order valence-corrected chi connectivity index (χ2v) is 4.71. The highest BCUT2D eigenvalue weighted by molar-refractivity contribution is 4.81. The molecule has 2 N–H and O–H groups in total. The van der Waals surface area contributed by atoms with E-state index in [0.717, 1.165) is 13.0 Å². The quantitative estimate of drug-likeness (QED) is 0.684. The number of aliphatic hydroxyl groups is 1. The number of methoxy groups -OCH3 is 1. The molecule has 90 valence electrons. The SMILES string of the molecule is COCC(C)NC1CCCCCC1CO. The van der Waals surface area contributed by atoms with Gasteiger partial charge in [-0.15, -0.1) is 0 Å². The minimum Gasteiger partial charge on any atom is -0.396 e. The normalized spacial score (nSPS) is 29.8. The Hall–Kier alpha value is -0.120. The van der Waals surface area contributed by atoms with Crippen LogP contribution in [0.5, 0.6) is 0 Å². The highest BCUT2D eigenvalue weighted by atomic mass is 16.5. The molecular formula is C12H25NO2. The van der Waals surface area contributed by atoms with E-state index in [4.69, 9.17) is 4.74 Å². The van der Waals surface area contributed by atoms with Gasteiger partial charge in [-0.05, 0) is 25.7 Å². The van der Waals surface area contributed by atoms with Gasteiger partial charge in [-0.2, -0.15) is 0 Å². The fourth-order valence-electron chi connectivity index (χ4n) is 2.49. The highest BCUT2D eigenvalue weighted by Gasteiger charge is 2.23. The molecule has 1 saturated carbocycles. The highest BCUT2D eigenvalue weighted by Crippen LogP contribution is 2.23. The molecule has 0 aromatic carbocycles. The lowest BCUT2D eigenvalue weighted by molar-refractivity contribution is 0.139. The first-order valence-corrected chi connectivity index (χ1v) is 6.13. The molecule has 3 nitrogen and oxygen atoms in total. The molecule has 0 saturated heterocycles. The zero-order valence-corrected chi connectivity index (χ0v) is 10.0. The van der Waals surface area contributed by atoms with Crippen molar-refractivity contribution in [2.45, 2.75) is 51.1 Å². The topological polar surface area (TPSA) is 41.5 Å². The summed E-state index contributed by atoms with van der Waals surface area (Å²) in [7, 11) is 1.73. The van der Waals surface area contributed by atoms with Gasteiger partial charge in [0.15, 0.2) is 0 Å². The molecule has 0 aromatic heterocycles.